The van der Waals surface area contributed by atoms with Crippen molar-refractivity contribution in [1.82, 2.24) is 15.1 Å². The lowest BCUT2D eigenvalue weighted by atomic mass is 10.1. The minimum absolute atomic E-state index is 0.318. The smallest absolute Gasteiger partial charge is 0.0648 e. The number of nitrogens with one attached hydrogen (secondary N) is 1. The van der Waals surface area contributed by atoms with E-state index in [9.17, 15) is 0 Å². The van der Waals surface area contributed by atoms with Crippen molar-refractivity contribution >= 4 is 0 Å². The molecule has 2 aromatic rings. The van der Waals surface area contributed by atoms with Gasteiger partial charge in [-0.3, -0.25) is 0 Å². The zero-order chi connectivity index (χ0) is 14.5. The van der Waals surface area contributed by atoms with Crippen LogP contribution in [0.5, 0.6) is 0 Å². The minimum atomic E-state index is 0.318. The molecule has 1 aromatic carbocycles. The molecule has 1 N–H and O–H groups in total. The number of terminal acetylenes is 1. The molecule has 3 nitrogen and oxygen atoms in total. The fourth-order valence-corrected chi connectivity index (χ4v) is 2.28. The fraction of sp³-hybridized carbons (Fsp3) is 0.353. The molecule has 1 aromatic heterocycles. The summed E-state index contributed by atoms with van der Waals surface area (Å²) in [4.78, 5) is 0. The van der Waals surface area contributed by atoms with Crippen molar-refractivity contribution in [2.45, 2.75) is 39.8 Å². The van der Waals surface area contributed by atoms with E-state index in [1.54, 1.807) is 0 Å². The molecule has 104 valence electrons. The van der Waals surface area contributed by atoms with Gasteiger partial charge in [-0.2, -0.15) is 5.10 Å². The van der Waals surface area contributed by atoms with E-state index in [1.165, 1.54) is 11.3 Å². The lowest BCUT2D eigenvalue weighted by molar-refractivity contribution is 0.557. The van der Waals surface area contributed by atoms with E-state index in [4.69, 9.17) is 6.42 Å². The van der Waals surface area contributed by atoms with Gasteiger partial charge < -0.3 is 5.32 Å². The van der Waals surface area contributed by atoms with Gasteiger partial charge in [0, 0.05) is 30.3 Å². The quantitative estimate of drug-likeness (QED) is 0.844. The number of aromatic nitrogens is 2. The molecule has 1 heterocycles. The molecule has 2 rings (SSSR count). The molecule has 0 amide bonds. The van der Waals surface area contributed by atoms with E-state index in [1.807, 2.05) is 22.9 Å². The van der Waals surface area contributed by atoms with Gasteiger partial charge in [0.2, 0.25) is 0 Å². The number of para-hydroxylation sites is 1. The number of rotatable bonds is 5. The molecule has 1 atom stereocenters. The molecule has 0 fully saturated rings. The van der Waals surface area contributed by atoms with E-state index < -0.39 is 0 Å². The van der Waals surface area contributed by atoms with Gasteiger partial charge in [-0.1, -0.05) is 18.2 Å². The Morgan fingerprint density at radius 3 is 2.65 bits per heavy atom. The molecule has 20 heavy (non-hydrogen) atoms. The average molecular weight is 267 g/mol. The zero-order valence-electron chi connectivity index (χ0n) is 12.4. The number of aryl methyl sites for hydroxylation is 1. The lowest BCUT2D eigenvalue weighted by Crippen LogP contribution is -2.25. The highest BCUT2D eigenvalue weighted by Crippen LogP contribution is 2.17. The van der Waals surface area contributed by atoms with Crippen molar-refractivity contribution in [2.75, 3.05) is 0 Å². The van der Waals surface area contributed by atoms with Crippen molar-refractivity contribution in [3.05, 3.63) is 47.3 Å². The highest BCUT2D eigenvalue weighted by atomic mass is 15.3. The molecule has 0 saturated carbocycles. The number of benzene rings is 1. The van der Waals surface area contributed by atoms with E-state index in [-0.39, 0.29) is 0 Å². The first-order valence-corrected chi connectivity index (χ1v) is 6.91. The van der Waals surface area contributed by atoms with Crippen molar-refractivity contribution in [2.24, 2.45) is 0 Å². The lowest BCUT2D eigenvalue weighted by Gasteiger charge is -2.11. The standard InChI is InChI=1S/C17H21N3/c1-5-9-13(2)18-12-17-14(3)19-20(15(17)4)16-10-7-6-8-11-16/h1,6-8,10-11,13,18H,9,12H2,2-4H3. The summed E-state index contributed by atoms with van der Waals surface area (Å²) in [5, 5.41) is 8.09. The number of hydrogen-bond donors (Lipinski definition) is 1. The van der Waals surface area contributed by atoms with Crippen LogP contribution in [0.2, 0.25) is 0 Å². The van der Waals surface area contributed by atoms with Crippen molar-refractivity contribution in [1.29, 1.82) is 0 Å². The van der Waals surface area contributed by atoms with E-state index in [2.05, 4.69) is 49.2 Å². The number of nitrogens with zero attached hydrogens (tertiary/aromatic N) is 2. The second-order valence-electron chi connectivity index (χ2n) is 5.09. The third-order valence-electron chi connectivity index (χ3n) is 3.49. The molecule has 0 aliphatic carbocycles. The Morgan fingerprint density at radius 1 is 1.30 bits per heavy atom. The summed E-state index contributed by atoms with van der Waals surface area (Å²) < 4.78 is 2.00. The minimum Gasteiger partial charge on any atom is -0.309 e. The molecule has 1 unspecified atom stereocenters. The molecule has 0 aliphatic heterocycles. The maximum atomic E-state index is 5.33. The molecule has 0 aliphatic rings. The maximum Gasteiger partial charge on any atom is 0.0648 e. The van der Waals surface area contributed by atoms with Crippen molar-refractivity contribution < 1.29 is 0 Å². The molecular weight excluding hydrogens is 246 g/mol. The van der Waals surface area contributed by atoms with Gasteiger partial charge in [0.1, 0.15) is 0 Å². The Morgan fingerprint density at radius 2 is 2.00 bits per heavy atom. The fourth-order valence-electron chi connectivity index (χ4n) is 2.28. The SMILES string of the molecule is C#CCC(C)NCc1c(C)nn(-c2ccccc2)c1C. The van der Waals surface area contributed by atoms with Crippen LogP contribution in [0.1, 0.15) is 30.3 Å². The van der Waals surface area contributed by atoms with Gasteiger partial charge >= 0.3 is 0 Å². The molecule has 0 saturated heterocycles. The Labute approximate surface area is 121 Å². The highest BCUT2D eigenvalue weighted by molar-refractivity contribution is 5.36. The van der Waals surface area contributed by atoms with Gasteiger partial charge in [-0.05, 0) is 32.9 Å². The predicted molar refractivity (Wildman–Crippen MR) is 82.8 cm³/mol. The zero-order valence-corrected chi connectivity index (χ0v) is 12.4. The second kappa shape index (κ2) is 6.40. The van der Waals surface area contributed by atoms with E-state index >= 15 is 0 Å². The van der Waals surface area contributed by atoms with Crippen LogP contribution in [-0.4, -0.2) is 15.8 Å². The summed E-state index contributed by atoms with van der Waals surface area (Å²) in [5.74, 6) is 2.68. The maximum absolute atomic E-state index is 5.33. The van der Waals surface area contributed by atoms with Crippen LogP contribution in [-0.2, 0) is 6.54 Å². The largest absolute Gasteiger partial charge is 0.309 e. The van der Waals surface area contributed by atoms with Crippen LogP contribution in [0.3, 0.4) is 0 Å². The Balaban J connectivity index is 2.20. The van der Waals surface area contributed by atoms with Crippen LogP contribution in [0.25, 0.3) is 5.69 Å². The van der Waals surface area contributed by atoms with Gasteiger partial charge in [-0.15, -0.1) is 12.3 Å². The summed E-state index contributed by atoms with van der Waals surface area (Å²) >= 11 is 0. The van der Waals surface area contributed by atoms with Crippen LogP contribution >= 0.6 is 0 Å². The average Bonchev–Trinajstić information content (AvgIpc) is 2.73. The summed E-state index contributed by atoms with van der Waals surface area (Å²) in [7, 11) is 0. The monoisotopic (exact) mass is 267 g/mol. The van der Waals surface area contributed by atoms with Crippen molar-refractivity contribution in [3.63, 3.8) is 0 Å². The Bertz CT molecular complexity index is 605. The highest BCUT2D eigenvalue weighted by Gasteiger charge is 2.13. The summed E-state index contributed by atoms with van der Waals surface area (Å²) in [5.41, 5.74) is 4.58. The second-order valence-corrected chi connectivity index (χ2v) is 5.09. The third kappa shape index (κ3) is 3.09. The first kappa shape index (κ1) is 14.4. The topological polar surface area (TPSA) is 29.9 Å². The summed E-state index contributed by atoms with van der Waals surface area (Å²) in [6.07, 6.45) is 6.07. The van der Waals surface area contributed by atoms with Gasteiger partial charge in [0.25, 0.3) is 0 Å². The Hall–Kier alpha value is -2.05. The number of hydrogen-bond acceptors (Lipinski definition) is 2. The van der Waals surface area contributed by atoms with Gasteiger partial charge in [-0.25, -0.2) is 4.68 Å². The molecule has 0 spiro atoms. The van der Waals surface area contributed by atoms with Gasteiger partial charge in [0.15, 0.2) is 0 Å². The summed E-state index contributed by atoms with van der Waals surface area (Å²) in [6.45, 7) is 7.06. The Kier molecular flexibility index (Phi) is 4.60. The van der Waals surface area contributed by atoms with Crippen LogP contribution in [0, 0.1) is 26.2 Å². The van der Waals surface area contributed by atoms with Crippen LogP contribution < -0.4 is 5.32 Å². The molecule has 3 heteroatoms. The molecule has 0 bridgehead atoms. The normalized spacial score (nSPS) is 12.1. The predicted octanol–water partition coefficient (Wildman–Crippen LogP) is 2.99. The first-order chi connectivity index (χ1) is 9.63. The van der Waals surface area contributed by atoms with Gasteiger partial charge in [0.05, 0.1) is 11.4 Å². The van der Waals surface area contributed by atoms with E-state index in [0.717, 1.165) is 24.3 Å². The summed E-state index contributed by atoms with van der Waals surface area (Å²) in [6, 6.07) is 10.5. The molecule has 0 radical (unpaired) electrons. The van der Waals surface area contributed by atoms with Crippen LogP contribution in [0.4, 0.5) is 0 Å². The first-order valence-electron chi connectivity index (χ1n) is 6.91. The molecular formula is C17H21N3. The van der Waals surface area contributed by atoms with E-state index in [0.29, 0.717) is 6.04 Å². The van der Waals surface area contributed by atoms with Crippen molar-refractivity contribution in [3.8, 4) is 18.0 Å². The van der Waals surface area contributed by atoms with Crippen LogP contribution in [0.15, 0.2) is 30.3 Å². The third-order valence-corrected chi connectivity index (χ3v) is 3.49.